The standard InChI is InChI=1S/C24H26N2O4/c1-24(2)8-11-26(10-5-7-22(27)28)20-14-21-17(13-19(20)24)12-18(23(29)30-21)16-6-4-9-25(3)15-16/h4,6,9,12-15H,5,7-8,10-11H2,1-3H3/p+1. The van der Waals surface area contributed by atoms with Gasteiger partial charge in [0.2, 0.25) is 0 Å². The fraction of sp³-hybridized carbons (Fsp3) is 0.375. The molecule has 0 saturated heterocycles. The van der Waals surface area contributed by atoms with Gasteiger partial charge in [0.15, 0.2) is 12.4 Å². The molecular formula is C24H27N2O4+. The Bertz CT molecular complexity index is 1180. The molecule has 0 spiro atoms. The molecule has 0 saturated carbocycles. The number of rotatable bonds is 5. The topological polar surface area (TPSA) is 74.6 Å². The van der Waals surface area contributed by atoms with Crippen molar-refractivity contribution in [2.75, 3.05) is 18.0 Å². The average Bonchev–Trinajstić information content (AvgIpc) is 2.68. The second-order valence-corrected chi connectivity index (χ2v) is 8.73. The van der Waals surface area contributed by atoms with E-state index in [1.807, 2.05) is 48.3 Å². The van der Waals surface area contributed by atoms with Crippen LogP contribution >= 0.6 is 0 Å². The quantitative estimate of drug-likeness (QED) is 0.516. The van der Waals surface area contributed by atoms with Crippen LogP contribution in [0.1, 0.15) is 38.7 Å². The highest BCUT2D eigenvalue weighted by molar-refractivity contribution is 5.87. The third kappa shape index (κ3) is 3.82. The largest absolute Gasteiger partial charge is 0.481 e. The molecule has 1 aliphatic rings. The molecule has 0 bridgehead atoms. The Morgan fingerprint density at radius 3 is 2.83 bits per heavy atom. The first kappa shape index (κ1) is 20.1. The van der Waals surface area contributed by atoms with Crippen molar-refractivity contribution in [3.63, 3.8) is 0 Å². The van der Waals surface area contributed by atoms with Crippen LogP contribution in [0.25, 0.3) is 22.1 Å². The third-order valence-corrected chi connectivity index (χ3v) is 6.00. The highest BCUT2D eigenvalue weighted by Crippen LogP contribution is 2.42. The van der Waals surface area contributed by atoms with E-state index in [0.29, 0.717) is 24.1 Å². The maximum atomic E-state index is 12.7. The predicted molar refractivity (Wildman–Crippen MR) is 116 cm³/mol. The lowest BCUT2D eigenvalue weighted by atomic mass is 9.77. The maximum absolute atomic E-state index is 12.7. The van der Waals surface area contributed by atoms with Gasteiger partial charge in [-0.2, -0.15) is 0 Å². The van der Waals surface area contributed by atoms with Gasteiger partial charge in [-0.1, -0.05) is 13.8 Å². The van der Waals surface area contributed by atoms with E-state index in [0.717, 1.165) is 29.6 Å². The summed E-state index contributed by atoms with van der Waals surface area (Å²) >= 11 is 0. The van der Waals surface area contributed by atoms with Gasteiger partial charge in [0, 0.05) is 42.7 Å². The van der Waals surface area contributed by atoms with Crippen LogP contribution in [0.15, 0.2) is 51.9 Å². The molecule has 30 heavy (non-hydrogen) atoms. The Hall–Kier alpha value is -3.15. The SMILES string of the molecule is C[n+]1cccc(-c2cc3cc4c(cc3oc2=O)N(CCCC(=O)O)CCC4(C)C)c1. The van der Waals surface area contributed by atoms with Crippen LogP contribution < -0.4 is 15.1 Å². The van der Waals surface area contributed by atoms with Crippen molar-refractivity contribution in [2.24, 2.45) is 7.05 Å². The highest BCUT2D eigenvalue weighted by Gasteiger charge is 2.32. The molecule has 3 aromatic rings. The minimum absolute atomic E-state index is 0.0116. The Labute approximate surface area is 175 Å². The molecular weight excluding hydrogens is 380 g/mol. The Kier molecular flexibility index (Phi) is 5.10. The Morgan fingerprint density at radius 2 is 2.10 bits per heavy atom. The van der Waals surface area contributed by atoms with E-state index in [1.54, 1.807) is 0 Å². The van der Waals surface area contributed by atoms with Crippen LogP contribution in [0.3, 0.4) is 0 Å². The summed E-state index contributed by atoms with van der Waals surface area (Å²) in [5.41, 5.74) is 3.79. The fourth-order valence-corrected chi connectivity index (χ4v) is 4.23. The molecule has 1 aromatic carbocycles. The van der Waals surface area contributed by atoms with Crippen molar-refractivity contribution in [3.05, 3.63) is 58.7 Å². The normalized spacial score (nSPS) is 15.2. The summed E-state index contributed by atoms with van der Waals surface area (Å²) in [7, 11) is 1.92. The summed E-state index contributed by atoms with van der Waals surface area (Å²) in [4.78, 5) is 25.8. The fourth-order valence-electron chi connectivity index (χ4n) is 4.23. The maximum Gasteiger partial charge on any atom is 0.344 e. The van der Waals surface area contributed by atoms with Crippen molar-refractivity contribution < 1.29 is 18.9 Å². The summed E-state index contributed by atoms with van der Waals surface area (Å²) in [6, 6.07) is 9.80. The number of aromatic nitrogens is 1. The second-order valence-electron chi connectivity index (χ2n) is 8.73. The highest BCUT2D eigenvalue weighted by atomic mass is 16.4. The molecule has 1 aliphatic heterocycles. The number of carboxylic acid groups (broad SMARTS) is 1. The monoisotopic (exact) mass is 407 g/mol. The number of nitrogens with zero attached hydrogens (tertiary/aromatic N) is 2. The number of hydrogen-bond acceptors (Lipinski definition) is 4. The van der Waals surface area contributed by atoms with E-state index in [9.17, 15) is 9.59 Å². The lowest BCUT2D eigenvalue weighted by molar-refractivity contribution is -0.671. The van der Waals surface area contributed by atoms with Gasteiger partial charge in [-0.25, -0.2) is 9.36 Å². The van der Waals surface area contributed by atoms with Gasteiger partial charge in [-0.3, -0.25) is 4.79 Å². The van der Waals surface area contributed by atoms with Crippen LogP contribution in [0, 0.1) is 0 Å². The van der Waals surface area contributed by atoms with Crippen molar-refractivity contribution in [3.8, 4) is 11.1 Å². The number of fused-ring (bicyclic) bond motifs is 2. The van der Waals surface area contributed by atoms with Gasteiger partial charge in [-0.15, -0.1) is 0 Å². The average molecular weight is 407 g/mol. The molecule has 4 rings (SSSR count). The van der Waals surface area contributed by atoms with Crippen molar-refractivity contribution in [1.82, 2.24) is 0 Å². The minimum Gasteiger partial charge on any atom is -0.481 e. The summed E-state index contributed by atoms with van der Waals surface area (Å²) in [6.45, 7) is 5.98. The van der Waals surface area contributed by atoms with Crippen molar-refractivity contribution >= 4 is 22.6 Å². The van der Waals surface area contributed by atoms with Gasteiger partial charge < -0.3 is 14.4 Å². The molecule has 0 radical (unpaired) electrons. The number of benzene rings is 1. The number of aryl methyl sites for hydroxylation is 1. The van der Waals surface area contributed by atoms with E-state index in [1.165, 1.54) is 5.56 Å². The lowest BCUT2D eigenvalue weighted by Crippen LogP contribution is -2.38. The summed E-state index contributed by atoms with van der Waals surface area (Å²) in [6.07, 6.45) is 5.54. The van der Waals surface area contributed by atoms with Gasteiger partial charge in [0.05, 0.1) is 11.1 Å². The second kappa shape index (κ2) is 7.59. The first-order valence-electron chi connectivity index (χ1n) is 10.3. The van der Waals surface area contributed by atoms with Crippen molar-refractivity contribution in [2.45, 2.75) is 38.5 Å². The van der Waals surface area contributed by atoms with Gasteiger partial charge in [-0.05, 0) is 42.0 Å². The van der Waals surface area contributed by atoms with Crippen LogP contribution in [-0.2, 0) is 17.3 Å². The molecule has 0 fully saturated rings. The number of pyridine rings is 1. The first-order chi connectivity index (χ1) is 14.2. The van der Waals surface area contributed by atoms with Crippen LogP contribution in [-0.4, -0.2) is 24.2 Å². The van der Waals surface area contributed by atoms with E-state index >= 15 is 0 Å². The van der Waals surface area contributed by atoms with Crippen molar-refractivity contribution in [1.29, 1.82) is 0 Å². The molecule has 1 N–H and O–H groups in total. The molecule has 0 amide bonds. The molecule has 0 unspecified atom stereocenters. The Morgan fingerprint density at radius 1 is 1.30 bits per heavy atom. The number of carbonyl (C=O) groups is 1. The van der Waals surface area contributed by atoms with Crippen LogP contribution in [0.4, 0.5) is 5.69 Å². The molecule has 0 atom stereocenters. The van der Waals surface area contributed by atoms with Gasteiger partial charge in [0.1, 0.15) is 12.6 Å². The molecule has 0 aliphatic carbocycles. The van der Waals surface area contributed by atoms with Crippen LogP contribution in [0.2, 0.25) is 0 Å². The molecule has 6 nitrogen and oxygen atoms in total. The van der Waals surface area contributed by atoms with E-state index < -0.39 is 5.97 Å². The number of carboxylic acids is 1. The number of anilines is 1. The van der Waals surface area contributed by atoms with E-state index in [2.05, 4.69) is 24.8 Å². The zero-order valence-corrected chi connectivity index (χ0v) is 17.6. The van der Waals surface area contributed by atoms with Gasteiger partial charge in [0.25, 0.3) is 0 Å². The molecule has 6 heteroatoms. The van der Waals surface area contributed by atoms with E-state index in [-0.39, 0.29) is 17.5 Å². The van der Waals surface area contributed by atoms with E-state index in [4.69, 9.17) is 9.52 Å². The first-order valence-corrected chi connectivity index (χ1v) is 10.3. The molecule has 2 aromatic heterocycles. The zero-order valence-electron chi connectivity index (χ0n) is 17.6. The van der Waals surface area contributed by atoms with Gasteiger partial charge >= 0.3 is 11.6 Å². The predicted octanol–water partition coefficient (Wildman–Crippen LogP) is 3.64. The third-order valence-electron chi connectivity index (χ3n) is 6.00. The molecule has 3 heterocycles. The zero-order chi connectivity index (χ0) is 21.5. The summed E-state index contributed by atoms with van der Waals surface area (Å²) in [5, 5.41) is 9.86. The smallest absolute Gasteiger partial charge is 0.344 e. The Balaban J connectivity index is 1.80. The lowest BCUT2D eigenvalue weighted by Gasteiger charge is -2.40. The minimum atomic E-state index is -0.779. The summed E-state index contributed by atoms with van der Waals surface area (Å²) < 4.78 is 7.63. The summed E-state index contributed by atoms with van der Waals surface area (Å²) in [5.74, 6) is -0.779. The number of hydrogen-bond donors (Lipinski definition) is 1. The molecule has 156 valence electrons. The number of aliphatic carboxylic acids is 1. The van der Waals surface area contributed by atoms with Crippen LogP contribution in [0.5, 0.6) is 0 Å².